The summed E-state index contributed by atoms with van der Waals surface area (Å²) in [6.07, 6.45) is 4.02. The first-order chi connectivity index (χ1) is 15.7. The van der Waals surface area contributed by atoms with Crippen LogP contribution in [0, 0.1) is 0 Å². The number of hydrogen-bond donors (Lipinski definition) is 0. The molecule has 0 unspecified atom stereocenters. The van der Waals surface area contributed by atoms with Crippen molar-refractivity contribution in [1.29, 1.82) is 0 Å². The minimum absolute atomic E-state index is 0.0361. The van der Waals surface area contributed by atoms with Crippen LogP contribution in [0.1, 0.15) is 33.7 Å². The maximum absolute atomic E-state index is 13.0. The molecule has 32 heavy (non-hydrogen) atoms. The van der Waals surface area contributed by atoms with Gasteiger partial charge in [-0.05, 0) is 48.5 Å². The lowest BCUT2D eigenvalue weighted by atomic mass is 10.1. The number of hydrogen-bond acceptors (Lipinski definition) is 5. The van der Waals surface area contributed by atoms with Crippen LogP contribution < -0.4 is 0 Å². The third kappa shape index (κ3) is 3.53. The Morgan fingerprint density at radius 2 is 1.66 bits per heavy atom. The molecule has 1 saturated heterocycles. The molecule has 4 heterocycles. The molecule has 0 bridgehead atoms. The van der Waals surface area contributed by atoms with E-state index < -0.39 is 0 Å². The molecule has 1 fully saturated rings. The highest BCUT2D eigenvalue weighted by atomic mass is 16.3. The average Bonchev–Trinajstić information content (AvgIpc) is 3.51. The predicted molar refractivity (Wildman–Crippen MR) is 119 cm³/mol. The number of aromatic nitrogens is 3. The van der Waals surface area contributed by atoms with Crippen molar-refractivity contribution >= 4 is 23.0 Å². The summed E-state index contributed by atoms with van der Waals surface area (Å²) in [5.41, 5.74) is 3.20. The number of nitrogens with zero attached hydrogens (tertiary/aromatic N) is 5. The Bertz CT molecular complexity index is 1250. The lowest BCUT2D eigenvalue weighted by Gasteiger charge is -2.34. The molecule has 0 aliphatic carbocycles. The smallest absolute Gasteiger partial charge is 0.289 e. The van der Waals surface area contributed by atoms with E-state index in [0.29, 0.717) is 37.5 Å². The molecule has 0 saturated carbocycles. The molecule has 3 aromatic heterocycles. The molecule has 1 aliphatic rings. The molecule has 1 aliphatic heterocycles. The van der Waals surface area contributed by atoms with Crippen LogP contribution in [0.2, 0.25) is 0 Å². The lowest BCUT2D eigenvalue weighted by Crippen LogP contribution is -2.50. The van der Waals surface area contributed by atoms with E-state index in [-0.39, 0.29) is 11.8 Å². The Kier molecular flexibility index (Phi) is 5.18. The summed E-state index contributed by atoms with van der Waals surface area (Å²) in [7, 11) is 0. The number of carbonyl (C=O) groups excluding carboxylic acids is 2. The first-order valence-electron chi connectivity index (χ1n) is 10.7. The Balaban J connectivity index is 1.30. The van der Waals surface area contributed by atoms with Crippen LogP contribution in [0.5, 0.6) is 0 Å². The fourth-order valence-corrected chi connectivity index (χ4v) is 4.07. The van der Waals surface area contributed by atoms with Crippen LogP contribution in [0.15, 0.2) is 65.4 Å². The molecule has 0 radical (unpaired) electrons. The molecule has 0 N–H and O–H groups in total. The lowest BCUT2D eigenvalue weighted by molar-refractivity contribution is 0.0518. The molecule has 162 valence electrons. The van der Waals surface area contributed by atoms with E-state index in [0.717, 1.165) is 29.1 Å². The normalized spacial score (nSPS) is 14.2. The van der Waals surface area contributed by atoms with Gasteiger partial charge in [0, 0.05) is 50.0 Å². The maximum Gasteiger partial charge on any atom is 0.289 e. The SMILES string of the molecule is CCc1nc2cccnc2n1-c1ccc(C(=O)N2CCN(C(=O)c3ccco3)CC2)cc1. The summed E-state index contributed by atoms with van der Waals surface area (Å²) in [5, 5.41) is 0. The van der Waals surface area contributed by atoms with Crippen molar-refractivity contribution in [2.45, 2.75) is 13.3 Å². The first-order valence-corrected chi connectivity index (χ1v) is 10.7. The van der Waals surface area contributed by atoms with Gasteiger partial charge in [0.15, 0.2) is 11.4 Å². The number of imidazole rings is 1. The van der Waals surface area contributed by atoms with E-state index in [9.17, 15) is 9.59 Å². The summed E-state index contributed by atoms with van der Waals surface area (Å²) in [6.45, 7) is 4.00. The minimum Gasteiger partial charge on any atom is -0.459 e. The van der Waals surface area contributed by atoms with Gasteiger partial charge >= 0.3 is 0 Å². The Morgan fingerprint density at radius 1 is 0.938 bits per heavy atom. The maximum atomic E-state index is 13.0. The van der Waals surface area contributed by atoms with Gasteiger partial charge in [0.1, 0.15) is 11.3 Å². The number of fused-ring (bicyclic) bond motifs is 1. The van der Waals surface area contributed by atoms with Gasteiger partial charge in [-0.25, -0.2) is 9.97 Å². The van der Waals surface area contributed by atoms with Crippen LogP contribution in [-0.2, 0) is 6.42 Å². The van der Waals surface area contributed by atoms with Crippen LogP contribution in [0.25, 0.3) is 16.9 Å². The molecule has 8 nitrogen and oxygen atoms in total. The van der Waals surface area contributed by atoms with Crippen molar-refractivity contribution in [3.8, 4) is 5.69 Å². The van der Waals surface area contributed by atoms with E-state index in [1.165, 1.54) is 6.26 Å². The summed E-state index contributed by atoms with van der Waals surface area (Å²) in [6, 6.07) is 14.7. The van der Waals surface area contributed by atoms with E-state index in [1.54, 1.807) is 28.1 Å². The van der Waals surface area contributed by atoms with Crippen LogP contribution in [0.3, 0.4) is 0 Å². The second-order valence-electron chi connectivity index (χ2n) is 7.67. The molecular formula is C24H23N5O3. The van der Waals surface area contributed by atoms with Crippen LogP contribution >= 0.6 is 0 Å². The highest BCUT2D eigenvalue weighted by Crippen LogP contribution is 2.21. The van der Waals surface area contributed by atoms with Gasteiger partial charge in [0.25, 0.3) is 11.8 Å². The zero-order chi connectivity index (χ0) is 22.1. The third-order valence-corrected chi connectivity index (χ3v) is 5.76. The molecule has 8 heteroatoms. The molecule has 4 aromatic rings. The Labute approximate surface area is 185 Å². The topological polar surface area (TPSA) is 84.5 Å². The predicted octanol–water partition coefficient (Wildman–Crippen LogP) is 3.17. The van der Waals surface area contributed by atoms with E-state index in [1.807, 2.05) is 41.0 Å². The van der Waals surface area contributed by atoms with Crippen molar-refractivity contribution in [3.05, 3.63) is 78.1 Å². The molecule has 0 atom stereocenters. The number of pyridine rings is 1. The average molecular weight is 429 g/mol. The summed E-state index contributed by atoms with van der Waals surface area (Å²) in [5.74, 6) is 1.08. The minimum atomic E-state index is -0.139. The molecule has 2 amide bonds. The van der Waals surface area contributed by atoms with E-state index >= 15 is 0 Å². The van der Waals surface area contributed by atoms with Gasteiger partial charge in [-0.15, -0.1) is 0 Å². The summed E-state index contributed by atoms with van der Waals surface area (Å²) >= 11 is 0. The standard InChI is InChI=1S/C24H23N5O3/c1-2-21-26-19-5-3-11-25-22(19)29(21)18-9-7-17(8-10-18)23(30)27-12-14-28(15-13-27)24(31)20-6-4-16-32-20/h3-11,16H,2,12-15H2,1H3. The second kappa shape index (κ2) is 8.30. The fraction of sp³-hybridized carbons (Fsp3) is 0.250. The van der Waals surface area contributed by atoms with E-state index in [2.05, 4.69) is 16.9 Å². The Hall–Kier alpha value is -3.94. The first kappa shape index (κ1) is 20.0. The van der Waals surface area contributed by atoms with Gasteiger partial charge in [-0.1, -0.05) is 6.92 Å². The van der Waals surface area contributed by atoms with Crippen molar-refractivity contribution in [2.24, 2.45) is 0 Å². The van der Waals surface area contributed by atoms with Crippen molar-refractivity contribution in [3.63, 3.8) is 0 Å². The number of benzene rings is 1. The Morgan fingerprint density at radius 3 is 2.31 bits per heavy atom. The quantitative estimate of drug-likeness (QED) is 0.498. The van der Waals surface area contributed by atoms with Crippen molar-refractivity contribution in [1.82, 2.24) is 24.3 Å². The number of aryl methyl sites for hydroxylation is 1. The second-order valence-corrected chi connectivity index (χ2v) is 7.67. The summed E-state index contributed by atoms with van der Waals surface area (Å²) in [4.78, 5) is 38.1. The van der Waals surface area contributed by atoms with Gasteiger partial charge < -0.3 is 14.2 Å². The van der Waals surface area contributed by atoms with E-state index in [4.69, 9.17) is 4.42 Å². The zero-order valence-electron chi connectivity index (χ0n) is 17.8. The van der Waals surface area contributed by atoms with Gasteiger partial charge in [-0.2, -0.15) is 0 Å². The number of amides is 2. The third-order valence-electron chi connectivity index (χ3n) is 5.76. The largest absolute Gasteiger partial charge is 0.459 e. The number of carbonyl (C=O) groups is 2. The zero-order valence-corrected chi connectivity index (χ0v) is 17.8. The van der Waals surface area contributed by atoms with Crippen LogP contribution in [0.4, 0.5) is 0 Å². The number of rotatable bonds is 4. The van der Waals surface area contributed by atoms with Crippen LogP contribution in [-0.4, -0.2) is 62.3 Å². The highest BCUT2D eigenvalue weighted by Gasteiger charge is 2.26. The van der Waals surface area contributed by atoms with Gasteiger partial charge in [0.2, 0.25) is 0 Å². The fourth-order valence-electron chi connectivity index (χ4n) is 4.07. The molecule has 5 rings (SSSR count). The molecule has 1 aromatic carbocycles. The molecular weight excluding hydrogens is 406 g/mol. The van der Waals surface area contributed by atoms with Crippen molar-refractivity contribution in [2.75, 3.05) is 26.2 Å². The highest BCUT2D eigenvalue weighted by molar-refractivity contribution is 5.95. The number of piperazine rings is 1. The molecule has 0 spiro atoms. The van der Waals surface area contributed by atoms with Gasteiger partial charge in [0.05, 0.1) is 6.26 Å². The monoisotopic (exact) mass is 429 g/mol. The summed E-state index contributed by atoms with van der Waals surface area (Å²) < 4.78 is 7.22. The number of furan rings is 1. The van der Waals surface area contributed by atoms with Crippen molar-refractivity contribution < 1.29 is 14.0 Å². The van der Waals surface area contributed by atoms with Gasteiger partial charge in [-0.3, -0.25) is 14.2 Å².